The Morgan fingerprint density at radius 2 is 1.90 bits per heavy atom. The van der Waals surface area contributed by atoms with Gasteiger partial charge in [0.1, 0.15) is 0 Å². The molecular formula is C15H14N2O4. The summed E-state index contributed by atoms with van der Waals surface area (Å²) in [5.41, 5.74) is 2.37. The lowest BCUT2D eigenvalue weighted by Gasteiger charge is -2.09. The molecule has 0 aliphatic carbocycles. The average Bonchev–Trinajstić information content (AvgIpc) is 2.41. The number of hydrogen-bond acceptors (Lipinski definition) is 4. The van der Waals surface area contributed by atoms with E-state index in [4.69, 9.17) is 0 Å². The predicted molar refractivity (Wildman–Crippen MR) is 78.6 cm³/mol. The Morgan fingerprint density at radius 1 is 1.19 bits per heavy atom. The second-order valence-corrected chi connectivity index (χ2v) is 4.73. The number of rotatable bonds is 3. The molecule has 0 heterocycles. The van der Waals surface area contributed by atoms with E-state index in [1.807, 2.05) is 26.0 Å². The summed E-state index contributed by atoms with van der Waals surface area (Å²) in [6.07, 6.45) is 0. The van der Waals surface area contributed by atoms with Gasteiger partial charge in [-0.05, 0) is 37.6 Å². The molecule has 0 unspecified atom stereocenters. The van der Waals surface area contributed by atoms with Gasteiger partial charge in [-0.1, -0.05) is 17.7 Å². The van der Waals surface area contributed by atoms with Crippen molar-refractivity contribution in [2.45, 2.75) is 13.8 Å². The van der Waals surface area contributed by atoms with Crippen LogP contribution in [-0.2, 0) is 0 Å². The first kappa shape index (κ1) is 14.5. The Bertz CT molecular complexity index is 726. The molecule has 0 fully saturated rings. The molecule has 0 bridgehead atoms. The zero-order valence-corrected chi connectivity index (χ0v) is 11.6. The molecule has 0 spiro atoms. The number of hydrogen-bond donors (Lipinski definition) is 2. The highest BCUT2D eigenvalue weighted by atomic mass is 16.6. The molecule has 1 amide bonds. The fourth-order valence-electron chi connectivity index (χ4n) is 1.97. The number of nitrogens with one attached hydrogen (secondary N) is 1. The van der Waals surface area contributed by atoms with Gasteiger partial charge in [-0.15, -0.1) is 0 Å². The molecule has 0 radical (unpaired) electrons. The molecular weight excluding hydrogens is 272 g/mol. The van der Waals surface area contributed by atoms with Crippen LogP contribution in [0.1, 0.15) is 21.5 Å². The summed E-state index contributed by atoms with van der Waals surface area (Å²) in [6, 6.07) is 9.08. The SMILES string of the molecule is Cc1ccc(NC(=O)c2ccc([N+](=O)[O-])c(O)c2)c(C)c1. The van der Waals surface area contributed by atoms with Gasteiger partial charge < -0.3 is 10.4 Å². The van der Waals surface area contributed by atoms with Crippen LogP contribution in [0.5, 0.6) is 5.75 Å². The Morgan fingerprint density at radius 3 is 2.48 bits per heavy atom. The van der Waals surface area contributed by atoms with Crippen molar-refractivity contribution in [2.75, 3.05) is 5.32 Å². The van der Waals surface area contributed by atoms with Crippen molar-refractivity contribution >= 4 is 17.3 Å². The first-order valence-electron chi connectivity index (χ1n) is 6.24. The maximum Gasteiger partial charge on any atom is 0.310 e. The van der Waals surface area contributed by atoms with Crippen LogP contribution in [0, 0.1) is 24.0 Å². The van der Waals surface area contributed by atoms with Crippen molar-refractivity contribution < 1.29 is 14.8 Å². The maximum atomic E-state index is 12.1. The lowest BCUT2D eigenvalue weighted by atomic mass is 10.1. The number of aryl methyl sites for hydroxylation is 2. The second kappa shape index (κ2) is 5.62. The maximum absolute atomic E-state index is 12.1. The predicted octanol–water partition coefficient (Wildman–Crippen LogP) is 3.17. The van der Waals surface area contributed by atoms with Crippen LogP contribution < -0.4 is 5.32 Å². The number of phenolic OH excluding ortho intramolecular Hbond substituents is 1. The number of anilines is 1. The van der Waals surface area contributed by atoms with E-state index >= 15 is 0 Å². The summed E-state index contributed by atoms with van der Waals surface area (Å²) < 4.78 is 0. The molecule has 0 atom stereocenters. The van der Waals surface area contributed by atoms with E-state index in [2.05, 4.69) is 5.32 Å². The zero-order chi connectivity index (χ0) is 15.6. The van der Waals surface area contributed by atoms with Gasteiger partial charge in [0.25, 0.3) is 5.91 Å². The van der Waals surface area contributed by atoms with Crippen LogP contribution in [0.4, 0.5) is 11.4 Å². The Hall–Kier alpha value is -2.89. The molecule has 108 valence electrons. The Balaban J connectivity index is 2.24. The van der Waals surface area contributed by atoms with Crippen molar-refractivity contribution in [1.29, 1.82) is 0 Å². The molecule has 0 aliphatic rings. The number of nitrogens with zero attached hydrogens (tertiary/aromatic N) is 1. The highest BCUT2D eigenvalue weighted by molar-refractivity contribution is 6.05. The fourth-order valence-corrected chi connectivity index (χ4v) is 1.97. The minimum absolute atomic E-state index is 0.151. The average molecular weight is 286 g/mol. The topological polar surface area (TPSA) is 92.5 Å². The largest absolute Gasteiger partial charge is 0.502 e. The number of aromatic hydroxyl groups is 1. The van der Waals surface area contributed by atoms with E-state index in [-0.39, 0.29) is 5.56 Å². The standard InChI is InChI=1S/C15H14N2O4/c1-9-3-5-12(10(2)7-9)16-15(19)11-4-6-13(17(20)21)14(18)8-11/h3-8,18H,1-2H3,(H,16,19). The first-order chi connectivity index (χ1) is 9.88. The number of carbonyl (C=O) groups excluding carboxylic acids is 1. The molecule has 0 aromatic heterocycles. The van der Waals surface area contributed by atoms with Crippen LogP contribution >= 0.6 is 0 Å². The van der Waals surface area contributed by atoms with E-state index in [0.717, 1.165) is 23.3 Å². The molecule has 2 aromatic carbocycles. The molecule has 0 aliphatic heterocycles. The van der Waals surface area contributed by atoms with Crippen molar-refractivity contribution in [3.05, 3.63) is 63.2 Å². The van der Waals surface area contributed by atoms with Crippen LogP contribution in [-0.4, -0.2) is 15.9 Å². The van der Waals surface area contributed by atoms with Gasteiger partial charge in [-0.3, -0.25) is 14.9 Å². The van der Waals surface area contributed by atoms with Gasteiger partial charge >= 0.3 is 5.69 Å². The third kappa shape index (κ3) is 3.17. The molecule has 2 aromatic rings. The quantitative estimate of drug-likeness (QED) is 0.669. The summed E-state index contributed by atoms with van der Waals surface area (Å²) in [4.78, 5) is 22.0. The highest BCUT2D eigenvalue weighted by Gasteiger charge is 2.16. The number of amides is 1. The van der Waals surface area contributed by atoms with Crippen LogP contribution in [0.3, 0.4) is 0 Å². The van der Waals surface area contributed by atoms with Crippen molar-refractivity contribution in [3.8, 4) is 5.75 Å². The number of nitro groups is 1. The second-order valence-electron chi connectivity index (χ2n) is 4.73. The normalized spacial score (nSPS) is 10.2. The summed E-state index contributed by atoms with van der Waals surface area (Å²) in [6.45, 7) is 3.82. The van der Waals surface area contributed by atoms with E-state index < -0.39 is 22.3 Å². The van der Waals surface area contributed by atoms with E-state index in [9.17, 15) is 20.0 Å². The van der Waals surface area contributed by atoms with E-state index in [0.29, 0.717) is 5.69 Å². The number of benzene rings is 2. The molecule has 6 nitrogen and oxygen atoms in total. The molecule has 6 heteroatoms. The van der Waals surface area contributed by atoms with Gasteiger partial charge in [0.05, 0.1) is 4.92 Å². The molecule has 0 saturated carbocycles. The molecule has 21 heavy (non-hydrogen) atoms. The van der Waals surface area contributed by atoms with Crippen molar-refractivity contribution in [3.63, 3.8) is 0 Å². The van der Waals surface area contributed by atoms with Gasteiger partial charge in [0.15, 0.2) is 5.75 Å². The fraction of sp³-hybridized carbons (Fsp3) is 0.133. The van der Waals surface area contributed by atoms with Crippen LogP contribution in [0.2, 0.25) is 0 Å². The number of phenols is 1. The van der Waals surface area contributed by atoms with Gasteiger partial charge in [-0.2, -0.15) is 0 Å². The van der Waals surface area contributed by atoms with Crippen LogP contribution in [0.25, 0.3) is 0 Å². The Labute approximate surface area is 121 Å². The summed E-state index contributed by atoms with van der Waals surface area (Å²) in [7, 11) is 0. The van der Waals surface area contributed by atoms with E-state index in [1.165, 1.54) is 6.07 Å². The number of carbonyl (C=O) groups is 1. The van der Waals surface area contributed by atoms with Crippen molar-refractivity contribution in [2.24, 2.45) is 0 Å². The molecule has 0 saturated heterocycles. The van der Waals surface area contributed by atoms with Crippen LogP contribution in [0.15, 0.2) is 36.4 Å². The van der Waals surface area contributed by atoms with Gasteiger partial charge in [0, 0.05) is 17.3 Å². The summed E-state index contributed by atoms with van der Waals surface area (Å²) in [5, 5.41) is 22.9. The molecule has 2 N–H and O–H groups in total. The zero-order valence-electron chi connectivity index (χ0n) is 11.6. The highest BCUT2D eigenvalue weighted by Crippen LogP contribution is 2.27. The van der Waals surface area contributed by atoms with Gasteiger partial charge in [-0.25, -0.2) is 0 Å². The third-order valence-electron chi connectivity index (χ3n) is 3.06. The first-order valence-corrected chi connectivity index (χ1v) is 6.24. The summed E-state index contributed by atoms with van der Waals surface area (Å²) in [5.74, 6) is -0.972. The van der Waals surface area contributed by atoms with E-state index in [1.54, 1.807) is 6.07 Å². The lowest BCUT2D eigenvalue weighted by molar-refractivity contribution is -0.385. The minimum atomic E-state index is -0.707. The Kier molecular flexibility index (Phi) is 3.89. The molecule has 2 rings (SSSR count). The lowest BCUT2D eigenvalue weighted by Crippen LogP contribution is -2.12. The number of nitro benzene ring substituents is 1. The monoisotopic (exact) mass is 286 g/mol. The van der Waals surface area contributed by atoms with Gasteiger partial charge in [0.2, 0.25) is 0 Å². The minimum Gasteiger partial charge on any atom is -0.502 e. The summed E-state index contributed by atoms with van der Waals surface area (Å²) >= 11 is 0. The third-order valence-corrected chi connectivity index (χ3v) is 3.06. The van der Waals surface area contributed by atoms with Crippen molar-refractivity contribution in [1.82, 2.24) is 0 Å². The smallest absolute Gasteiger partial charge is 0.310 e.